The van der Waals surface area contributed by atoms with Gasteiger partial charge in [-0.05, 0) is 30.9 Å². The number of rotatable bonds is 5. The predicted octanol–water partition coefficient (Wildman–Crippen LogP) is 1.82. The molecule has 60 valence electrons. The summed E-state index contributed by atoms with van der Waals surface area (Å²) < 4.78 is 0. The van der Waals surface area contributed by atoms with Crippen LogP contribution in [-0.2, 0) is 0 Å². The molecule has 2 nitrogen and oxygen atoms in total. The third-order valence-electron chi connectivity index (χ3n) is 1.63. The standard InChI is InChI=1S/C8H17NO/c1-8(2,7-10)5-3-4-6-9/h6,9-10H,3-5,7H2,1-2H3. The number of nitrogens with one attached hydrogen (secondary N) is 1. The van der Waals surface area contributed by atoms with E-state index in [0.29, 0.717) is 0 Å². The molecular weight excluding hydrogens is 126 g/mol. The molecule has 0 bridgehead atoms. The van der Waals surface area contributed by atoms with Crippen LogP contribution < -0.4 is 0 Å². The molecule has 2 N–H and O–H groups in total. The lowest BCUT2D eigenvalue weighted by atomic mass is 9.88. The van der Waals surface area contributed by atoms with Crippen molar-refractivity contribution in [1.29, 1.82) is 5.41 Å². The highest BCUT2D eigenvalue weighted by Gasteiger charge is 2.14. The van der Waals surface area contributed by atoms with E-state index in [1.807, 2.05) is 13.8 Å². The van der Waals surface area contributed by atoms with Gasteiger partial charge in [0.1, 0.15) is 0 Å². The van der Waals surface area contributed by atoms with E-state index < -0.39 is 0 Å². The van der Waals surface area contributed by atoms with Crippen LogP contribution in [0.4, 0.5) is 0 Å². The first-order valence-corrected chi connectivity index (χ1v) is 3.72. The summed E-state index contributed by atoms with van der Waals surface area (Å²) in [6.07, 6.45) is 4.27. The van der Waals surface area contributed by atoms with Gasteiger partial charge in [-0.1, -0.05) is 13.8 Å². The van der Waals surface area contributed by atoms with E-state index in [1.165, 1.54) is 6.21 Å². The number of hydrogen-bond donors (Lipinski definition) is 2. The van der Waals surface area contributed by atoms with Crippen LogP contribution in [-0.4, -0.2) is 17.9 Å². The zero-order chi connectivity index (χ0) is 8.04. The van der Waals surface area contributed by atoms with Gasteiger partial charge in [0.05, 0.1) is 0 Å². The Morgan fingerprint density at radius 1 is 1.50 bits per heavy atom. The minimum atomic E-state index is 0.0447. The Hall–Kier alpha value is -0.370. The Morgan fingerprint density at radius 2 is 2.10 bits per heavy atom. The Morgan fingerprint density at radius 3 is 2.50 bits per heavy atom. The molecule has 0 aliphatic carbocycles. The van der Waals surface area contributed by atoms with E-state index in [1.54, 1.807) is 0 Å². The normalized spacial score (nSPS) is 11.5. The Bertz CT molecular complexity index is 99.4. The molecule has 10 heavy (non-hydrogen) atoms. The van der Waals surface area contributed by atoms with Gasteiger partial charge in [0.25, 0.3) is 0 Å². The predicted molar refractivity (Wildman–Crippen MR) is 43.5 cm³/mol. The van der Waals surface area contributed by atoms with Crippen molar-refractivity contribution >= 4 is 6.21 Å². The summed E-state index contributed by atoms with van der Waals surface area (Å²) >= 11 is 0. The average molecular weight is 143 g/mol. The van der Waals surface area contributed by atoms with Gasteiger partial charge >= 0.3 is 0 Å². The topological polar surface area (TPSA) is 44.1 Å². The van der Waals surface area contributed by atoms with Crippen molar-refractivity contribution in [2.45, 2.75) is 33.1 Å². The van der Waals surface area contributed by atoms with Gasteiger partial charge in [-0.3, -0.25) is 0 Å². The van der Waals surface area contributed by atoms with Gasteiger partial charge in [-0.2, -0.15) is 0 Å². The van der Waals surface area contributed by atoms with Gasteiger partial charge in [0, 0.05) is 6.61 Å². The van der Waals surface area contributed by atoms with Crippen LogP contribution >= 0.6 is 0 Å². The molecule has 0 unspecified atom stereocenters. The molecule has 0 saturated heterocycles. The molecule has 0 rings (SSSR count). The quantitative estimate of drug-likeness (QED) is 0.447. The fourth-order valence-corrected chi connectivity index (χ4v) is 0.762. The molecule has 0 aromatic heterocycles. The zero-order valence-corrected chi connectivity index (χ0v) is 6.85. The molecule has 0 aliphatic rings. The third-order valence-corrected chi connectivity index (χ3v) is 1.63. The number of unbranched alkanes of at least 4 members (excludes halogenated alkanes) is 1. The summed E-state index contributed by atoms with van der Waals surface area (Å²) in [6.45, 7) is 4.32. The Kier molecular flexibility index (Phi) is 4.28. The van der Waals surface area contributed by atoms with Crippen molar-refractivity contribution in [1.82, 2.24) is 0 Å². The lowest BCUT2D eigenvalue weighted by molar-refractivity contribution is 0.149. The van der Waals surface area contributed by atoms with Gasteiger partial charge in [-0.15, -0.1) is 0 Å². The average Bonchev–Trinajstić information content (AvgIpc) is 1.89. The van der Waals surface area contributed by atoms with Crippen molar-refractivity contribution in [2.24, 2.45) is 5.41 Å². The van der Waals surface area contributed by atoms with E-state index in [0.717, 1.165) is 19.3 Å². The molecule has 0 saturated carbocycles. The first-order chi connectivity index (χ1) is 4.62. The van der Waals surface area contributed by atoms with E-state index in [-0.39, 0.29) is 12.0 Å². The highest BCUT2D eigenvalue weighted by Crippen LogP contribution is 2.21. The number of hydrogen-bond acceptors (Lipinski definition) is 2. The van der Waals surface area contributed by atoms with E-state index in [4.69, 9.17) is 10.5 Å². The van der Waals surface area contributed by atoms with Gasteiger partial charge in [-0.25, -0.2) is 0 Å². The van der Waals surface area contributed by atoms with Crippen molar-refractivity contribution in [3.8, 4) is 0 Å². The van der Waals surface area contributed by atoms with Crippen molar-refractivity contribution in [2.75, 3.05) is 6.61 Å². The maximum Gasteiger partial charge on any atom is 0.0482 e. The van der Waals surface area contributed by atoms with Gasteiger partial charge in [0.2, 0.25) is 0 Å². The highest BCUT2D eigenvalue weighted by molar-refractivity contribution is 5.52. The molecule has 0 radical (unpaired) electrons. The monoisotopic (exact) mass is 143 g/mol. The molecular formula is C8H17NO. The summed E-state index contributed by atoms with van der Waals surface area (Å²) in [5.74, 6) is 0. The maximum atomic E-state index is 8.84. The summed E-state index contributed by atoms with van der Waals surface area (Å²) in [7, 11) is 0. The van der Waals surface area contributed by atoms with Crippen LogP contribution in [0.1, 0.15) is 33.1 Å². The van der Waals surface area contributed by atoms with Gasteiger partial charge in [0.15, 0.2) is 0 Å². The number of aliphatic hydroxyl groups excluding tert-OH is 1. The van der Waals surface area contributed by atoms with Crippen LogP contribution in [0.5, 0.6) is 0 Å². The highest BCUT2D eigenvalue weighted by atomic mass is 16.3. The Labute approximate surface area is 62.8 Å². The molecule has 0 aliphatic heterocycles. The maximum absolute atomic E-state index is 8.84. The number of aliphatic hydroxyl groups is 1. The first-order valence-electron chi connectivity index (χ1n) is 3.72. The zero-order valence-electron chi connectivity index (χ0n) is 6.85. The molecule has 0 amide bonds. The molecule has 2 heteroatoms. The second kappa shape index (κ2) is 4.45. The lowest BCUT2D eigenvalue weighted by Gasteiger charge is -2.20. The molecule has 0 spiro atoms. The van der Waals surface area contributed by atoms with Crippen LogP contribution in [0.15, 0.2) is 0 Å². The lowest BCUT2D eigenvalue weighted by Crippen LogP contribution is -2.16. The van der Waals surface area contributed by atoms with Crippen LogP contribution in [0.25, 0.3) is 0 Å². The fraction of sp³-hybridized carbons (Fsp3) is 0.875. The second-order valence-electron chi connectivity index (χ2n) is 3.42. The SMILES string of the molecule is CC(C)(CO)CCCC=N. The third kappa shape index (κ3) is 4.50. The van der Waals surface area contributed by atoms with Crippen LogP contribution in [0, 0.1) is 10.8 Å². The van der Waals surface area contributed by atoms with E-state index in [9.17, 15) is 0 Å². The van der Waals surface area contributed by atoms with Crippen molar-refractivity contribution in [3.63, 3.8) is 0 Å². The summed E-state index contributed by atoms with van der Waals surface area (Å²) in [5.41, 5.74) is 0.0447. The summed E-state index contributed by atoms with van der Waals surface area (Å²) in [5, 5.41) is 15.6. The molecule has 0 heterocycles. The molecule has 0 atom stereocenters. The molecule has 0 fully saturated rings. The fourth-order valence-electron chi connectivity index (χ4n) is 0.762. The molecule has 0 aromatic rings. The van der Waals surface area contributed by atoms with Crippen molar-refractivity contribution < 1.29 is 5.11 Å². The van der Waals surface area contributed by atoms with E-state index >= 15 is 0 Å². The second-order valence-corrected chi connectivity index (χ2v) is 3.42. The van der Waals surface area contributed by atoms with Crippen LogP contribution in [0.3, 0.4) is 0 Å². The largest absolute Gasteiger partial charge is 0.396 e. The first kappa shape index (κ1) is 9.63. The summed E-state index contributed by atoms with van der Waals surface area (Å²) in [6, 6.07) is 0. The molecule has 0 aromatic carbocycles. The minimum absolute atomic E-state index is 0.0447. The smallest absolute Gasteiger partial charge is 0.0482 e. The minimum Gasteiger partial charge on any atom is -0.396 e. The van der Waals surface area contributed by atoms with E-state index in [2.05, 4.69) is 0 Å². The van der Waals surface area contributed by atoms with Gasteiger partial charge < -0.3 is 10.5 Å². The van der Waals surface area contributed by atoms with Crippen LogP contribution in [0.2, 0.25) is 0 Å². The summed E-state index contributed by atoms with van der Waals surface area (Å²) in [4.78, 5) is 0. The van der Waals surface area contributed by atoms with Crippen molar-refractivity contribution in [3.05, 3.63) is 0 Å². The Balaban J connectivity index is 3.36.